The van der Waals surface area contributed by atoms with E-state index in [1.807, 2.05) is 20.8 Å². The summed E-state index contributed by atoms with van der Waals surface area (Å²) >= 11 is 0. The van der Waals surface area contributed by atoms with Crippen molar-refractivity contribution in [3.63, 3.8) is 0 Å². The summed E-state index contributed by atoms with van der Waals surface area (Å²) in [6.07, 6.45) is 0. The average Bonchev–Trinajstić information content (AvgIpc) is 2.13. The van der Waals surface area contributed by atoms with Gasteiger partial charge in [-0.15, -0.1) is 0 Å². The maximum Gasteiger partial charge on any atom is 0.300 e. The Morgan fingerprint density at radius 3 is 1.72 bits per heavy atom. The van der Waals surface area contributed by atoms with Gasteiger partial charge in [0.05, 0.1) is 0 Å². The lowest BCUT2D eigenvalue weighted by Gasteiger charge is -2.30. The molecule has 1 nitrogen and oxygen atoms in total. The zero-order valence-electron chi connectivity index (χ0n) is 11.3. The Bertz CT molecular complexity index is 439. The highest BCUT2D eigenvalue weighted by atomic mass is 19.3. The first-order valence-electron chi connectivity index (χ1n) is 5.77. The standard InChI is InChI=1S/C14H19F3O/c1-12(2,3)9-6-10(8-11(15)7-9)14(16,17)13(4,5)18/h6-8,18H,1-5H3. The zero-order valence-corrected chi connectivity index (χ0v) is 11.3. The smallest absolute Gasteiger partial charge is 0.300 e. The van der Waals surface area contributed by atoms with Crippen molar-refractivity contribution in [3.8, 4) is 0 Å². The van der Waals surface area contributed by atoms with Crippen molar-refractivity contribution in [2.24, 2.45) is 0 Å². The van der Waals surface area contributed by atoms with Crippen LogP contribution >= 0.6 is 0 Å². The number of hydrogen-bond donors (Lipinski definition) is 1. The molecule has 0 unspecified atom stereocenters. The Balaban J connectivity index is 3.40. The Hall–Kier alpha value is -1.03. The predicted octanol–water partition coefficient (Wildman–Crippen LogP) is 3.99. The second-order valence-electron chi connectivity index (χ2n) is 6.11. The molecule has 0 aromatic heterocycles. The van der Waals surface area contributed by atoms with Gasteiger partial charge in [-0.25, -0.2) is 4.39 Å². The van der Waals surface area contributed by atoms with Gasteiger partial charge in [0.25, 0.3) is 0 Å². The van der Waals surface area contributed by atoms with Crippen molar-refractivity contribution in [3.05, 3.63) is 35.1 Å². The van der Waals surface area contributed by atoms with Crippen molar-refractivity contribution in [1.82, 2.24) is 0 Å². The van der Waals surface area contributed by atoms with Crippen LogP contribution in [-0.4, -0.2) is 10.7 Å². The molecule has 1 rings (SSSR count). The molecular formula is C14H19F3O. The van der Waals surface area contributed by atoms with Crippen LogP contribution in [0.5, 0.6) is 0 Å². The van der Waals surface area contributed by atoms with Crippen LogP contribution < -0.4 is 0 Å². The summed E-state index contributed by atoms with van der Waals surface area (Å²) in [4.78, 5) is 0. The first kappa shape index (κ1) is 15.0. The van der Waals surface area contributed by atoms with Crippen molar-refractivity contribution >= 4 is 0 Å². The maximum atomic E-state index is 14.0. The fourth-order valence-electron chi connectivity index (χ4n) is 1.56. The highest BCUT2D eigenvalue weighted by molar-refractivity contribution is 5.33. The number of benzene rings is 1. The molecule has 0 atom stereocenters. The third-order valence-electron chi connectivity index (χ3n) is 2.89. The number of rotatable bonds is 2. The van der Waals surface area contributed by atoms with E-state index >= 15 is 0 Å². The van der Waals surface area contributed by atoms with Gasteiger partial charge in [-0.2, -0.15) is 8.78 Å². The van der Waals surface area contributed by atoms with Gasteiger partial charge >= 0.3 is 5.92 Å². The summed E-state index contributed by atoms with van der Waals surface area (Å²) in [5.74, 6) is -4.23. The van der Waals surface area contributed by atoms with Crippen LogP contribution in [0.1, 0.15) is 45.7 Å². The molecule has 0 radical (unpaired) electrons. The van der Waals surface area contributed by atoms with Gasteiger partial charge < -0.3 is 5.11 Å². The Labute approximate surface area is 106 Å². The molecule has 0 fully saturated rings. The quantitative estimate of drug-likeness (QED) is 0.852. The summed E-state index contributed by atoms with van der Waals surface area (Å²) in [6, 6.07) is 3.26. The van der Waals surface area contributed by atoms with Crippen LogP contribution in [0.2, 0.25) is 0 Å². The first-order valence-corrected chi connectivity index (χ1v) is 5.77. The van der Waals surface area contributed by atoms with Gasteiger partial charge in [0.1, 0.15) is 11.4 Å². The highest BCUT2D eigenvalue weighted by Crippen LogP contribution is 2.40. The van der Waals surface area contributed by atoms with E-state index in [4.69, 9.17) is 0 Å². The minimum absolute atomic E-state index is 0.438. The van der Waals surface area contributed by atoms with E-state index in [-0.39, 0.29) is 0 Å². The second-order valence-corrected chi connectivity index (χ2v) is 6.11. The lowest BCUT2D eigenvalue weighted by molar-refractivity contribution is -0.168. The largest absolute Gasteiger partial charge is 0.384 e. The summed E-state index contributed by atoms with van der Waals surface area (Å²) in [5.41, 5.74) is -2.70. The second kappa shape index (κ2) is 4.26. The molecule has 0 amide bonds. The fourth-order valence-corrected chi connectivity index (χ4v) is 1.56. The number of halogens is 3. The molecule has 0 aliphatic carbocycles. The normalized spacial score (nSPS) is 13.8. The topological polar surface area (TPSA) is 20.2 Å². The summed E-state index contributed by atoms with van der Waals surface area (Å²) < 4.78 is 41.5. The van der Waals surface area contributed by atoms with Gasteiger partial charge in [-0.05, 0) is 43.0 Å². The number of alkyl halides is 2. The molecule has 0 saturated carbocycles. The van der Waals surface area contributed by atoms with Crippen LogP contribution in [0.15, 0.2) is 18.2 Å². The van der Waals surface area contributed by atoms with Crippen molar-refractivity contribution in [1.29, 1.82) is 0 Å². The lowest BCUT2D eigenvalue weighted by Crippen LogP contribution is -2.40. The van der Waals surface area contributed by atoms with Gasteiger partial charge in [-0.1, -0.05) is 20.8 Å². The molecular weight excluding hydrogens is 241 g/mol. The van der Waals surface area contributed by atoms with Gasteiger partial charge in [-0.3, -0.25) is 0 Å². The van der Waals surface area contributed by atoms with Gasteiger partial charge in [0.15, 0.2) is 0 Å². The summed E-state index contributed by atoms with van der Waals surface area (Å²) in [5, 5.41) is 9.51. The summed E-state index contributed by atoms with van der Waals surface area (Å²) in [6.45, 7) is 7.46. The van der Waals surface area contributed by atoms with Crippen molar-refractivity contribution < 1.29 is 18.3 Å². The van der Waals surface area contributed by atoms with Crippen molar-refractivity contribution in [2.75, 3.05) is 0 Å². The molecule has 1 aromatic carbocycles. The van der Waals surface area contributed by atoms with E-state index in [0.29, 0.717) is 5.56 Å². The molecule has 102 valence electrons. The molecule has 0 heterocycles. The van der Waals surface area contributed by atoms with E-state index in [0.717, 1.165) is 19.9 Å². The monoisotopic (exact) mass is 260 g/mol. The van der Waals surface area contributed by atoms with Gasteiger partial charge in [0.2, 0.25) is 0 Å². The first-order chi connectivity index (χ1) is 7.85. The predicted molar refractivity (Wildman–Crippen MR) is 65.3 cm³/mol. The van der Waals surface area contributed by atoms with E-state index in [9.17, 15) is 18.3 Å². The van der Waals surface area contributed by atoms with E-state index in [1.54, 1.807) is 0 Å². The molecule has 0 saturated heterocycles. The SMILES string of the molecule is CC(C)(C)c1cc(F)cc(C(F)(F)C(C)(C)O)c1. The van der Waals surface area contributed by atoms with Crippen LogP contribution in [0.3, 0.4) is 0 Å². The molecule has 0 spiro atoms. The average molecular weight is 260 g/mol. The molecule has 1 aromatic rings. The van der Waals surface area contributed by atoms with Crippen LogP contribution in [0.25, 0.3) is 0 Å². The molecule has 0 bridgehead atoms. The molecule has 4 heteroatoms. The Morgan fingerprint density at radius 1 is 0.889 bits per heavy atom. The molecule has 18 heavy (non-hydrogen) atoms. The van der Waals surface area contributed by atoms with Crippen LogP contribution in [0, 0.1) is 5.82 Å². The summed E-state index contributed by atoms with van der Waals surface area (Å²) in [7, 11) is 0. The highest BCUT2D eigenvalue weighted by Gasteiger charge is 2.47. The molecule has 0 aliphatic rings. The number of hydrogen-bond acceptors (Lipinski definition) is 1. The molecule has 1 N–H and O–H groups in total. The van der Waals surface area contributed by atoms with E-state index < -0.39 is 28.3 Å². The minimum atomic E-state index is -3.50. The zero-order chi connectivity index (χ0) is 14.4. The third kappa shape index (κ3) is 2.86. The lowest BCUT2D eigenvalue weighted by atomic mass is 9.83. The fraction of sp³-hybridized carbons (Fsp3) is 0.571. The maximum absolute atomic E-state index is 14.0. The third-order valence-corrected chi connectivity index (χ3v) is 2.89. The van der Waals surface area contributed by atoms with Crippen molar-refractivity contribution in [2.45, 2.75) is 51.6 Å². The number of aliphatic hydroxyl groups is 1. The Morgan fingerprint density at radius 2 is 1.33 bits per heavy atom. The van der Waals surface area contributed by atoms with Crippen LogP contribution in [-0.2, 0) is 11.3 Å². The minimum Gasteiger partial charge on any atom is -0.384 e. The van der Waals surface area contributed by atoms with E-state index in [2.05, 4.69) is 0 Å². The van der Waals surface area contributed by atoms with Crippen LogP contribution in [0.4, 0.5) is 13.2 Å². The van der Waals surface area contributed by atoms with E-state index in [1.165, 1.54) is 12.1 Å². The Kier molecular flexibility index (Phi) is 3.56. The van der Waals surface area contributed by atoms with Gasteiger partial charge in [0, 0.05) is 5.56 Å². The molecule has 0 aliphatic heterocycles.